The quantitative estimate of drug-likeness (QED) is 0.334. The van der Waals surface area contributed by atoms with Crippen LogP contribution in [0, 0.1) is 5.92 Å². The second kappa shape index (κ2) is 13.7. The summed E-state index contributed by atoms with van der Waals surface area (Å²) in [6.07, 6.45) is 8.69. The summed E-state index contributed by atoms with van der Waals surface area (Å²) in [6, 6.07) is 17.6. The molecule has 2 fully saturated rings. The standard InChI is InChI=1S/C33H47N3O3/c1-3-5-19-38-24-30(26-12-9-14-28(21-26)39-20-6-4-2)34-33(37)36-17-10-13-27-23-35-18-16-25-11-7-8-15-29(25)32(35)22-31(27)36/h7-9,11-12,14-15,21,27,30-32H,3-6,10,13,16-20,22-24H2,1-2H3,(H,34,37)/t27-,30+,31+,32-/m1/s1. The Morgan fingerprint density at radius 3 is 2.77 bits per heavy atom. The number of unbranched alkanes of at least 4 members (excludes halogenated alkanes) is 2. The molecule has 2 saturated heterocycles. The summed E-state index contributed by atoms with van der Waals surface area (Å²) in [5.41, 5.74) is 3.99. The fraction of sp³-hybridized carbons (Fsp3) is 0.606. The molecule has 3 aliphatic rings. The van der Waals surface area contributed by atoms with E-state index in [1.807, 2.05) is 12.1 Å². The molecule has 2 amide bonds. The van der Waals surface area contributed by atoms with Crippen LogP contribution in [0.5, 0.6) is 5.75 Å². The van der Waals surface area contributed by atoms with Crippen molar-refractivity contribution in [3.8, 4) is 5.75 Å². The van der Waals surface area contributed by atoms with Crippen LogP contribution >= 0.6 is 0 Å². The second-order valence-electron chi connectivity index (χ2n) is 11.6. The number of amides is 2. The lowest BCUT2D eigenvalue weighted by Gasteiger charge is -2.52. The molecule has 6 nitrogen and oxygen atoms in total. The minimum absolute atomic E-state index is 0.0450. The van der Waals surface area contributed by atoms with Gasteiger partial charge >= 0.3 is 6.03 Å². The van der Waals surface area contributed by atoms with E-state index in [1.54, 1.807) is 0 Å². The normalized spacial score (nSPS) is 23.3. The number of ether oxygens (including phenoxy) is 2. The number of nitrogens with zero attached hydrogens (tertiary/aromatic N) is 2. The van der Waals surface area contributed by atoms with Gasteiger partial charge in [-0.25, -0.2) is 4.79 Å². The number of carbonyl (C=O) groups is 1. The molecule has 1 N–H and O–H groups in total. The monoisotopic (exact) mass is 533 g/mol. The highest BCUT2D eigenvalue weighted by Gasteiger charge is 2.44. The Balaban J connectivity index is 1.30. The molecule has 2 aromatic carbocycles. The smallest absolute Gasteiger partial charge is 0.318 e. The van der Waals surface area contributed by atoms with E-state index >= 15 is 0 Å². The predicted molar refractivity (Wildman–Crippen MR) is 156 cm³/mol. The first-order valence-electron chi connectivity index (χ1n) is 15.4. The molecular formula is C33H47N3O3. The van der Waals surface area contributed by atoms with Crippen molar-refractivity contribution < 1.29 is 14.3 Å². The molecule has 0 aromatic heterocycles. The van der Waals surface area contributed by atoms with E-state index in [1.165, 1.54) is 17.5 Å². The minimum Gasteiger partial charge on any atom is -0.494 e. The Hall–Kier alpha value is -2.57. The van der Waals surface area contributed by atoms with Crippen molar-refractivity contribution in [2.24, 2.45) is 5.92 Å². The maximum Gasteiger partial charge on any atom is 0.318 e. The molecule has 0 radical (unpaired) electrons. The number of benzene rings is 2. The Morgan fingerprint density at radius 1 is 1.05 bits per heavy atom. The highest BCUT2D eigenvalue weighted by molar-refractivity contribution is 5.75. The van der Waals surface area contributed by atoms with Crippen LogP contribution in [-0.4, -0.2) is 61.3 Å². The predicted octanol–water partition coefficient (Wildman–Crippen LogP) is 6.52. The number of carbonyl (C=O) groups excluding carboxylic acids is 1. The molecule has 6 heteroatoms. The van der Waals surface area contributed by atoms with Crippen LogP contribution in [0.25, 0.3) is 0 Å². The molecule has 5 rings (SSSR count). The maximum atomic E-state index is 13.9. The van der Waals surface area contributed by atoms with Gasteiger partial charge in [-0.2, -0.15) is 0 Å². The largest absolute Gasteiger partial charge is 0.494 e. The van der Waals surface area contributed by atoms with E-state index in [-0.39, 0.29) is 18.1 Å². The van der Waals surface area contributed by atoms with Crippen LogP contribution < -0.4 is 10.1 Å². The summed E-state index contributed by atoms with van der Waals surface area (Å²) in [7, 11) is 0. The molecular weight excluding hydrogens is 486 g/mol. The van der Waals surface area contributed by atoms with Gasteiger partial charge in [0.1, 0.15) is 5.75 Å². The first kappa shape index (κ1) is 28.0. The van der Waals surface area contributed by atoms with E-state index in [4.69, 9.17) is 9.47 Å². The number of fused-ring (bicyclic) bond motifs is 4. The van der Waals surface area contributed by atoms with Crippen molar-refractivity contribution in [2.45, 2.75) is 83.3 Å². The van der Waals surface area contributed by atoms with Gasteiger partial charge < -0.3 is 19.7 Å². The zero-order valence-corrected chi connectivity index (χ0v) is 23.9. The van der Waals surface area contributed by atoms with Crippen LogP contribution in [0.2, 0.25) is 0 Å². The minimum atomic E-state index is -0.208. The van der Waals surface area contributed by atoms with E-state index in [2.05, 4.69) is 65.4 Å². The molecule has 212 valence electrons. The molecule has 3 heterocycles. The number of nitrogens with one attached hydrogen (secondary N) is 1. The third kappa shape index (κ3) is 6.78. The fourth-order valence-electron chi connectivity index (χ4n) is 6.71. The molecule has 2 aromatic rings. The van der Waals surface area contributed by atoms with Gasteiger partial charge in [0.05, 0.1) is 19.3 Å². The summed E-state index contributed by atoms with van der Waals surface area (Å²) in [4.78, 5) is 18.8. The zero-order valence-electron chi connectivity index (χ0n) is 23.9. The molecule has 3 aliphatic heterocycles. The summed E-state index contributed by atoms with van der Waals surface area (Å²) in [6.45, 7) is 9.27. The third-order valence-corrected chi connectivity index (χ3v) is 8.89. The van der Waals surface area contributed by atoms with Gasteiger partial charge in [0, 0.05) is 38.3 Å². The van der Waals surface area contributed by atoms with Crippen LogP contribution in [0.1, 0.15) is 87.6 Å². The number of urea groups is 1. The number of rotatable bonds is 11. The molecule has 0 bridgehead atoms. The summed E-state index contributed by atoms with van der Waals surface area (Å²) in [5.74, 6) is 1.40. The SMILES string of the molecule is CCCCOC[C@H](NC(=O)N1CCC[C@@H]2CN3CCc4ccccc4[C@H]3C[C@@H]21)c1cccc(OCCCC)c1. The van der Waals surface area contributed by atoms with Crippen molar-refractivity contribution >= 4 is 6.03 Å². The van der Waals surface area contributed by atoms with Crippen LogP contribution in [0.15, 0.2) is 48.5 Å². The average molecular weight is 534 g/mol. The van der Waals surface area contributed by atoms with Crippen molar-refractivity contribution in [2.75, 3.05) is 39.5 Å². The first-order valence-corrected chi connectivity index (χ1v) is 15.4. The summed E-state index contributed by atoms with van der Waals surface area (Å²) >= 11 is 0. The number of likely N-dealkylation sites (tertiary alicyclic amines) is 1. The van der Waals surface area contributed by atoms with Gasteiger partial charge in [0.25, 0.3) is 0 Å². The van der Waals surface area contributed by atoms with E-state index in [0.29, 0.717) is 31.8 Å². The molecule has 39 heavy (non-hydrogen) atoms. The van der Waals surface area contributed by atoms with Crippen molar-refractivity contribution in [1.29, 1.82) is 0 Å². The van der Waals surface area contributed by atoms with Crippen molar-refractivity contribution in [1.82, 2.24) is 15.1 Å². The third-order valence-electron chi connectivity index (χ3n) is 8.89. The number of piperidine rings is 2. The average Bonchev–Trinajstić information content (AvgIpc) is 2.97. The van der Waals surface area contributed by atoms with Gasteiger partial charge in [0.2, 0.25) is 0 Å². The maximum absolute atomic E-state index is 13.9. The van der Waals surface area contributed by atoms with Gasteiger partial charge in [-0.1, -0.05) is 63.1 Å². The van der Waals surface area contributed by atoms with Gasteiger partial charge in [-0.3, -0.25) is 4.90 Å². The number of hydrogen-bond acceptors (Lipinski definition) is 4. The molecule has 0 spiro atoms. The number of hydrogen-bond donors (Lipinski definition) is 1. The van der Waals surface area contributed by atoms with E-state index in [0.717, 1.165) is 75.9 Å². The summed E-state index contributed by atoms with van der Waals surface area (Å²) < 4.78 is 12.0. The first-order chi connectivity index (χ1) is 19.2. The molecule has 0 saturated carbocycles. The van der Waals surface area contributed by atoms with Crippen molar-refractivity contribution in [3.63, 3.8) is 0 Å². The Labute approximate surface area is 235 Å². The van der Waals surface area contributed by atoms with Crippen LogP contribution in [-0.2, 0) is 11.2 Å². The zero-order chi connectivity index (χ0) is 27.0. The molecule has 4 atom stereocenters. The molecule has 0 aliphatic carbocycles. The van der Waals surface area contributed by atoms with E-state index in [9.17, 15) is 4.79 Å². The van der Waals surface area contributed by atoms with Gasteiger partial charge in [-0.05, 0) is 73.3 Å². The lowest BCUT2D eigenvalue weighted by atomic mass is 9.77. The topological polar surface area (TPSA) is 54.0 Å². The Kier molecular flexibility index (Phi) is 9.81. The second-order valence-corrected chi connectivity index (χ2v) is 11.6. The van der Waals surface area contributed by atoms with Crippen LogP contribution in [0.4, 0.5) is 4.79 Å². The molecule has 0 unspecified atom stereocenters. The van der Waals surface area contributed by atoms with Gasteiger partial charge in [-0.15, -0.1) is 0 Å². The Morgan fingerprint density at radius 2 is 1.90 bits per heavy atom. The Bertz CT molecular complexity index is 1080. The van der Waals surface area contributed by atoms with E-state index < -0.39 is 0 Å². The van der Waals surface area contributed by atoms with Crippen molar-refractivity contribution in [3.05, 3.63) is 65.2 Å². The lowest BCUT2D eigenvalue weighted by molar-refractivity contribution is 0.00434. The highest BCUT2D eigenvalue weighted by Crippen LogP contribution is 2.42. The van der Waals surface area contributed by atoms with Gasteiger partial charge in [0.15, 0.2) is 0 Å². The lowest BCUT2D eigenvalue weighted by Crippen LogP contribution is -2.59. The fourth-order valence-corrected chi connectivity index (χ4v) is 6.71. The summed E-state index contributed by atoms with van der Waals surface area (Å²) in [5, 5.41) is 3.39. The highest BCUT2D eigenvalue weighted by atomic mass is 16.5. The van der Waals surface area contributed by atoms with Crippen LogP contribution in [0.3, 0.4) is 0 Å².